The molecule has 14 nitrogen and oxygen atoms in total. The number of nitriles is 1. The van der Waals surface area contributed by atoms with Crippen molar-refractivity contribution in [3.05, 3.63) is 303 Å². The van der Waals surface area contributed by atoms with Crippen LogP contribution in [0.25, 0.3) is 4.85 Å². The maximum Gasteiger partial charge on any atom is 0.309 e. The Labute approximate surface area is 766 Å². The molecule has 0 bridgehead atoms. The van der Waals surface area contributed by atoms with E-state index in [1.807, 2.05) is 13.0 Å². The van der Waals surface area contributed by atoms with E-state index in [4.69, 9.17) is 24.4 Å². The molecule has 0 saturated carbocycles. The fourth-order valence-corrected chi connectivity index (χ4v) is 14.4. The molecule has 10 rings (SSSR count). The zero-order chi connectivity index (χ0) is 88.7. The van der Waals surface area contributed by atoms with Crippen molar-refractivity contribution >= 4 is 83.7 Å². The number of hydrogen-bond donors (Lipinski definition) is 0. The number of anilines is 4. The summed E-state index contributed by atoms with van der Waals surface area (Å²) in [6, 6.07) is 51.7. The van der Waals surface area contributed by atoms with Gasteiger partial charge in [-0.25, -0.2) is 4.85 Å². The third-order valence-corrected chi connectivity index (χ3v) is 20.5. The van der Waals surface area contributed by atoms with E-state index in [-0.39, 0.29) is 73.1 Å². The predicted octanol–water partition coefficient (Wildman–Crippen LogP) is 30.3. The second-order valence-corrected chi connectivity index (χ2v) is 46.0. The van der Waals surface area contributed by atoms with Gasteiger partial charge < -0.3 is 81.2 Å². The van der Waals surface area contributed by atoms with Crippen LogP contribution < -0.4 is 37.4 Å². The SMILES string of the molecule is CC(C)c1cccc(C(C)C)c1N1C=CN(c2c(C(C)C)cccc2C(C)C)[CH-]1.CC(C)c1cccc(C(C)C)c1N1C=CN(c2c(C(C)C)cccc2C(C)C)[CH-]1.C[Si](C)(C)Br.F[C-](F)F.[Au].[Br][Au].[C-]#[N+]c1c(C)cccc1Oc1cccc(OS(=O)(=O)CCC[C-](F)F)c1.[CH2-]CCS(=O)(=O)Oc1cccc(Oc2cccc(C)c2C#N)c1.[CH3-].[CH3-]. The van der Waals surface area contributed by atoms with Crippen LogP contribution in [0.15, 0.2) is 183 Å². The van der Waals surface area contributed by atoms with Crippen molar-refractivity contribution in [1.29, 1.82) is 5.26 Å². The predicted molar refractivity (Wildman–Crippen MR) is 496 cm³/mol. The van der Waals surface area contributed by atoms with Gasteiger partial charge in [0.15, 0.2) is 6.68 Å². The molecular formula is C95H121Au2Br2F5N6O8S2Si-7. The molecule has 2 heterocycles. The van der Waals surface area contributed by atoms with Crippen molar-refractivity contribution in [1.82, 2.24) is 0 Å². The Morgan fingerprint density at radius 2 is 0.736 bits per heavy atom. The molecule has 0 N–H and O–H groups in total. The van der Waals surface area contributed by atoms with Crippen LogP contribution in [-0.2, 0) is 61.6 Å². The zero-order valence-corrected chi connectivity index (χ0v) is 84.0. The summed E-state index contributed by atoms with van der Waals surface area (Å²) >= 11 is 8.49. The van der Waals surface area contributed by atoms with E-state index in [1.54, 1.807) is 55.5 Å². The first kappa shape index (κ1) is 112. The second-order valence-electron chi connectivity index (χ2n) is 31.3. The summed E-state index contributed by atoms with van der Waals surface area (Å²) in [5.41, 5.74) is 18.9. The zero-order valence-electron chi connectivity index (χ0n) is 73.9. The largest absolute Gasteiger partial charge is 0.468 e. The van der Waals surface area contributed by atoms with Crippen LogP contribution in [0.3, 0.4) is 0 Å². The molecule has 2 aliphatic rings. The molecule has 0 spiro atoms. The fourth-order valence-electron chi connectivity index (χ4n) is 12.6. The van der Waals surface area contributed by atoms with E-state index >= 15 is 0 Å². The molecule has 0 aliphatic carbocycles. The van der Waals surface area contributed by atoms with Gasteiger partial charge in [0.25, 0.3) is 0 Å². The van der Waals surface area contributed by atoms with Gasteiger partial charge in [-0.3, -0.25) is 0 Å². The second kappa shape index (κ2) is 53.9. The molecule has 0 atom stereocenters. The molecule has 673 valence electrons. The maximum atomic E-state index is 12.0. The van der Waals surface area contributed by atoms with E-state index in [0.717, 1.165) is 11.1 Å². The van der Waals surface area contributed by atoms with Gasteiger partial charge in [0, 0.05) is 63.7 Å². The van der Waals surface area contributed by atoms with Gasteiger partial charge in [0.2, 0.25) is 5.69 Å². The third kappa shape index (κ3) is 36.1. The van der Waals surface area contributed by atoms with Crippen LogP contribution in [0.2, 0.25) is 19.6 Å². The van der Waals surface area contributed by atoms with Crippen LogP contribution >= 0.6 is 28.3 Å². The van der Waals surface area contributed by atoms with Crippen LogP contribution in [0.5, 0.6) is 34.5 Å². The summed E-state index contributed by atoms with van der Waals surface area (Å²) in [5, 5.41) is 9.20. The first-order valence-electron chi connectivity index (χ1n) is 39.1. The summed E-state index contributed by atoms with van der Waals surface area (Å²) in [6.45, 7) is 58.2. The molecule has 0 unspecified atom stereocenters. The molecule has 0 amide bonds. The van der Waals surface area contributed by atoms with Crippen LogP contribution in [0.4, 0.5) is 50.4 Å². The number of aryl methyl sites for hydroxylation is 2. The molecule has 2 aliphatic heterocycles. The van der Waals surface area contributed by atoms with Crippen LogP contribution in [-0.4, -0.2) is 35.0 Å². The van der Waals surface area contributed by atoms with E-state index < -0.39 is 52.2 Å². The minimum absolute atomic E-state index is 0. The molecule has 26 heteroatoms. The summed E-state index contributed by atoms with van der Waals surface area (Å²) in [6.07, 6.45) is 6.47. The van der Waals surface area contributed by atoms with E-state index in [2.05, 4.69) is 326 Å². The van der Waals surface area contributed by atoms with E-state index in [0.29, 0.717) is 75.8 Å². The third-order valence-electron chi connectivity index (χ3n) is 18.0. The van der Waals surface area contributed by atoms with Gasteiger partial charge in [0.1, 0.15) is 47.3 Å². The first-order chi connectivity index (χ1) is 55.4. The van der Waals surface area contributed by atoms with Gasteiger partial charge in [0.05, 0.1) is 23.6 Å². The quantitative estimate of drug-likeness (QED) is 0.0167. The number of rotatable bonds is 26. The number of nitrogens with zero attached hydrogens (tertiary/aromatic N) is 6. The normalized spacial score (nSPS) is 12.2. The number of halogens is 7. The topological polar surface area (TPSA) is 146 Å². The maximum absolute atomic E-state index is 12.0. The molecule has 0 fully saturated rings. The summed E-state index contributed by atoms with van der Waals surface area (Å²) in [7, 11) is -7.65. The summed E-state index contributed by atoms with van der Waals surface area (Å²) in [4.78, 5) is 12.7. The number of hydrogen-bond acceptors (Lipinski definition) is 13. The van der Waals surface area contributed by atoms with Gasteiger partial charge >= 0.3 is 52.2 Å². The van der Waals surface area contributed by atoms with Crippen molar-refractivity contribution in [2.45, 2.75) is 211 Å². The average molecular weight is 2220 g/mol. The molecule has 121 heavy (non-hydrogen) atoms. The fraction of sp³-hybridized carbons (Fsp3) is 0.358. The van der Waals surface area contributed by atoms with Crippen LogP contribution in [0, 0.1) is 80.0 Å². The molecular weight excluding hydrogens is 2090 g/mol. The van der Waals surface area contributed by atoms with E-state index in [9.17, 15) is 44.0 Å². The monoisotopic (exact) mass is 2210 g/mol. The summed E-state index contributed by atoms with van der Waals surface area (Å²) in [5.74, 6) is 4.75. The van der Waals surface area contributed by atoms with Crippen molar-refractivity contribution in [2.24, 2.45) is 0 Å². The molecule has 8 aromatic carbocycles. The van der Waals surface area contributed by atoms with Crippen molar-refractivity contribution in [3.8, 4) is 40.6 Å². The molecule has 0 saturated heterocycles. The van der Waals surface area contributed by atoms with Gasteiger partial charge in [-0.15, -0.1) is 35.1 Å². The van der Waals surface area contributed by atoms with Crippen molar-refractivity contribution in [2.75, 3.05) is 31.1 Å². The standard InChI is InChI=1S/2C27H37N2.C18H16F2NO4S.C17H16NO4S.C3H9BrSi.CF3.2CH3.2Au.BrH/c2*1-18(2)22-11-9-12-23(19(3)4)26(22)28-15-16-29(17-28)27-24(20(5)6)13-10-14-25(27)21(7)8;1-13-6-3-9-16(18(13)21-2)24-14-7-4-8-15(12-14)25-26(22,23)11-5-10-17(19)20;1-3-10-23(19,20)22-15-8-5-7-14(11-15)21-17-9-4-6-13(2)16(17)12-18;1-5(2,3)4;2-1(3)4;;;;;/h2*9-21H,1-8H3;3-4,6-9,12H,5,10-11H2,1H3;4-9,11H,1,3,10H2,2H3;1-3H3;;2*1H3;;;1H/q4*-1;;3*-1;;+1;/p-1. The van der Waals surface area contributed by atoms with Gasteiger partial charge in [-0.2, -0.15) is 28.5 Å². The number of para-hydroxylation sites is 5. The Hall–Kier alpha value is -7.17. The smallest absolute Gasteiger partial charge is 0.309 e. The van der Waals surface area contributed by atoms with Gasteiger partial charge in [-0.1, -0.05) is 246 Å². The average Bonchev–Trinajstić information content (AvgIpc) is 1.71. The van der Waals surface area contributed by atoms with Crippen molar-refractivity contribution in [3.63, 3.8) is 0 Å². The Bertz CT molecular complexity index is 4500. The molecule has 0 aromatic heterocycles. The Balaban J connectivity index is 0.000000769. The van der Waals surface area contributed by atoms with Crippen LogP contribution in [0.1, 0.15) is 239 Å². The Morgan fingerprint density at radius 1 is 0.479 bits per heavy atom. The minimum atomic E-state index is -3.99. The van der Waals surface area contributed by atoms with Gasteiger partial charge in [-0.05, 0) is 178 Å². The Kier molecular flexibility index (Phi) is 49.8. The van der Waals surface area contributed by atoms with Crippen molar-refractivity contribution < 1.29 is 97.9 Å². The number of ether oxygens (including phenoxy) is 2. The van der Waals surface area contributed by atoms with E-state index in [1.165, 1.54) is 97.6 Å². The Morgan fingerprint density at radius 3 is 1.01 bits per heavy atom. The first-order valence-corrected chi connectivity index (χ1v) is 52.7. The molecule has 8 aromatic rings. The minimum Gasteiger partial charge on any atom is -0.468 e. The molecule has 1 radical (unpaired) electrons. The summed E-state index contributed by atoms with van der Waals surface area (Å²) < 4.78 is 121. The number of benzene rings is 8.